The smallest absolute Gasteiger partial charge is 0.311 e. The zero-order valence-corrected chi connectivity index (χ0v) is 16.5. The van der Waals surface area contributed by atoms with Gasteiger partial charge < -0.3 is 10.2 Å². The number of aromatic nitrogens is 2. The maximum atomic E-state index is 12.5. The van der Waals surface area contributed by atoms with Crippen molar-refractivity contribution in [2.45, 2.75) is 43.9 Å². The van der Waals surface area contributed by atoms with Crippen LogP contribution >= 0.6 is 0 Å². The van der Waals surface area contributed by atoms with Gasteiger partial charge in [-0.3, -0.25) is 18.9 Å². The summed E-state index contributed by atoms with van der Waals surface area (Å²) in [6.07, 6.45) is 5.53. The van der Waals surface area contributed by atoms with Crippen molar-refractivity contribution in [2.75, 3.05) is 19.7 Å². The van der Waals surface area contributed by atoms with Gasteiger partial charge in [-0.15, -0.1) is 4.28 Å². The van der Waals surface area contributed by atoms with Crippen LogP contribution in [-0.4, -0.2) is 78.3 Å². The van der Waals surface area contributed by atoms with E-state index in [4.69, 9.17) is 9.39 Å². The first-order valence-corrected chi connectivity index (χ1v) is 10.6. The first-order valence-electron chi connectivity index (χ1n) is 9.53. The Morgan fingerprint density at radius 1 is 1.45 bits per heavy atom. The highest BCUT2D eigenvalue weighted by Crippen LogP contribution is 2.30. The van der Waals surface area contributed by atoms with Crippen molar-refractivity contribution >= 4 is 23.3 Å². The third kappa shape index (κ3) is 4.59. The number of hydrogen-bond acceptors (Lipinski definition) is 7. The quantitative estimate of drug-likeness (QED) is 0.363. The van der Waals surface area contributed by atoms with Crippen LogP contribution in [0.5, 0.6) is 0 Å². The monoisotopic (exact) mass is 428 g/mol. The topological polar surface area (TPSA) is 138 Å². The summed E-state index contributed by atoms with van der Waals surface area (Å²) in [7, 11) is 0. The SMILES string of the molecule is O=C(NOC[C@@H]1C[C@H](Cn2cccn2)CN1)C1CCC2CN1C(=O)N2OS(=O)O. The number of urea groups is 1. The molecule has 160 valence electrons. The number of fused-ring (bicyclic) bond motifs is 2. The van der Waals surface area contributed by atoms with E-state index in [1.165, 1.54) is 4.90 Å². The van der Waals surface area contributed by atoms with Gasteiger partial charge in [-0.2, -0.15) is 14.4 Å². The van der Waals surface area contributed by atoms with E-state index in [9.17, 15) is 13.8 Å². The average Bonchev–Trinajstić information content (AvgIpc) is 3.41. The highest BCUT2D eigenvalue weighted by atomic mass is 32.2. The van der Waals surface area contributed by atoms with Crippen LogP contribution in [0.2, 0.25) is 0 Å². The van der Waals surface area contributed by atoms with Gasteiger partial charge in [0.15, 0.2) is 0 Å². The van der Waals surface area contributed by atoms with Gasteiger partial charge in [-0.05, 0) is 31.2 Å². The Hall–Kier alpha value is -2.06. The van der Waals surface area contributed by atoms with Crippen LogP contribution in [0.15, 0.2) is 18.5 Å². The fourth-order valence-electron chi connectivity index (χ4n) is 4.19. The maximum absolute atomic E-state index is 12.5. The molecule has 29 heavy (non-hydrogen) atoms. The second kappa shape index (κ2) is 8.75. The van der Waals surface area contributed by atoms with Crippen molar-refractivity contribution in [3.63, 3.8) is 0 Å². The van der Waals surface area contributed by atoms with E-state index in [1.54, 1.807) is 6.20 Å². The van der Waals surface area contributed by atoms with Crippen LogP contribution in [-0.2, 0) is 31.8 Å². The Kier molecular flexibility index (Phi) is 6.10. The van der Waals surface area contributed by atoms with Crippen LogP contribution in [0.25, 0.3) is 0 Å². The zero-order valence-electron chi connectivity index (χ0n) is 15.7. The lowest BCUT2D eigenvalue weighted by Gasteiger charge is -2.29. The van der Waals surface area contributed by atoms with E-state index in [0.717, 1.165) is 24.6 Å². The Labute approximate surface area is 169 Å². The van der Waals surface area contributed by atoms with Crippen molar-refractivity contribution in [1.29, 1.82) is 0 Å². The molecule has 3 aliphatic heterocycles. The molecule has 3 N–H and O–H groups in total. The molecule has 1 aromatic rings. The Bertz CT molecular complexity index is 763. The highest BCUT2D eigenvalue weighted by molar-refractivity contribution is 7.74. The molecule has 12 nitrogen and oxygen atoms in total. The molecule has 2 bridgehead atoms. The number of amides is 3. The maximum Gasteiger partial charge on any atom is 0.346 e. The van der Waals surface area contributed by atoms with E-state index >= 15 is 0 Å². The largest absolute Gasteiger partial charge is 0.346 e. The van der Waals surface area contributed by atoms with E-state index in [0.29, 0.717) is 25.4 Å². The summed E-state index contributed by atoms with van der Waals surface area (Å²) >= 11 is -2.59. The number of hydrogen-bond donors (Lipinski definition) is 3. The molecule has 0 aromatic carbocycles. The summed E-state index contributed by atoms with van der Waals surface area (Å²) in [5.41, 5.74) is 2.44. The number of nitrogens with one attached hydrogen (secondary N) is 2. The molecular formula is C16H24N6O6S. The molecular weight excluding hydrogens is 404 g/mol. The molecule has 13 heteroatoms. The van der Waals surface area contributed by atoms with Gasteiger partial charge in [-0.25, -0.2) is 10.3 Å². The van der Waals surface area contributed by atoms with Crippen molar-refractivity contribution in [1.82, 2.24) is 30.5 Å². The average molecular weight is 428 g/mol. The molecule has 0 aliphatic carbocycles. The minimum Gasteiger partial charge on any atom is -0.311 e. The number of nitrogens with zero attached hydrogens (tertiary/aromatic N) is 4. The lowest BCUT2D eigenvalue weighted by Crippen LogP contribution is -2.50. The van der Waals surface area contributed by atoms with Crippen LogP contribution in [0.3, 0.4) is 0 Å². The van der Waals surface area contributed by atoms with Gasteiger partial charge in [0.05, 0.1) is 12.6 Å². The van der Waals surface area contributed by atoms with Crippen molar-refractivity contribution in [2.24, 2.45) is 5.92 Å². The van der Waals surface area contributed by atoms with E-state index in [1.807, 2.05) is 16.9 Å². The van der Waals surface area contributed by atoms with Gasteiger partial charge in [-0.1, -0.05) is 0 Å². The Morgan fingerprint density at radius 3 is 3.07 bits per heavy atom. The van der Waals surface area contributed by atoms with Gasteiger partial charge in [0, 0.05) is 38.1 Å². The van der Waals surface area contributed by atoms with Crippen LogP contribution < -0.4 is 10.8 Å². The van der Waals surface area contributed by atoms with Gasteiger partial charge in [0.25, 0.3) is 5.91 Å². The first kappa shape index (κ1) is 20.2. The lowest BCUT2D eigenvalue weighted by atomic mass is 10.0. The number of rotatable bonds is 8. The highest BCUT2D eigenvalue weighted by Gasteiger charge is 2.48. The van der Waals surface area contributed by atoms with Crippen molar-refractivity contribution in [3.05, 3.63) is 18.5 Å². The summed E-state index contributed by atoms with van der Waals surface area (Å²) in [5, 5.41) is 8.47. The van der Waals surface area contributed by atoms with Crippen LogP contribution in [0.4, 0.5) is 4.79 Å². The van der Waals surface area contributed by atoms with Gasteiger partial charge in [0.2, 0.25) is 0 Å². The molecule has 3 saturated heterocycles. The first-order chi connectivity index (χ1) is 14.0. The molecule has 0 spiro atoms. The lowest BCUT2D eigenvalue weighted by molar-refractivity contribution is -0.139. The molecule has 0 radical (unpaired) electrons. The van der Waals surface area contributed by atoms with Crippen molar-refractivity contribution < 1.29 is 27.5 Å². The van der Waals surface area contributed by atoms with Crippen LogP contribution in [0, 0.1) is 5.92 Å². The molecule has 3 unspecified atom stereocenters. The standard InChI is InChI=1S/C16H24N6O6S/c23-15(14-3-2-13-9-21(14)16(24)22(13)28-29(25)26)19-27-10-12-6-11(7-17-12)8-20-5-1-4-18-20/h1,4-5,11-14,17H,2-3,6-10H2,(H,19,23)(H,25,26)/t11-,12-,13?,14?/m0/s1. The molecule has 3 amide bonds. The second-order valence-corrected chi connectivity index (χ2v) is 8.09. The van der Waals surface area contributed by atoms with Gasteiger partial charge >= 0.3 is 17.4 Å². The summed E-state index contributed by atoms with van der Waals surface area (Å²) in [5.74, 6) is 0.0367. The predicted molar refractivity (Wildman–Crippen MR) is 98.8 cm³/mol. The Balaban J connectivity index is 1.20. The molecule has 3 aliphatic rings. The molecule has 4 rings (SSSR count). The fourth-order valence-corrected chi connectivity index (χ4v) is 4.52. The van der Waals surface area contributed by atoms with Crippen LogP contribution in [0.1, 0.15) is 19.3 Å². The zero-order chi connectivity index (χ0) is 20.4. The molecule has 0 saturated carbocycles. The second-order valence-electron chi connectivity index (χ2n) is 7.51. The molecule has 5 atom stereocenters. The normalized spacial score (nSPS) is 30.0. The Morgan fingerprint density at radius 2 is 2.31 bits per heavy atom. The summed E-state index contributed by atoms with van der Waals surface area (Å²) < 4.78 is 26.3. The fraction of sp³-hybridized carbons (Fsp3) is 0.688. The van der Waals surface area contributed by atoms with E-state index in [2.05, 4.69) is 20.2 Å². The molecule has 4 heterocycles. The van der Waals surface area contributed by atoms with Gasteiger partial charge in [0.1, 0.15) is 6.04 Å². The predicted octanol–water partition coefficient (Wildman–Crippen LogP) is -0.754. The minimum atomic E-state index is -2.59. The number of carbonyl (C=O) groups is 2. The van der Waals surface area contributed by atoms with E-state index in [-0.39, 0.29) is 18.6 Å². The summed E-state index contributed by atoms with van der Waals surface area (Å²) in [6.45, 7) is 2.29. The third-order valence-corrected chi connectivity index (χ3v) is 5.83. The van der Waals surface area contributed by atoms with E-state index < -0.39 is 29.3 Å². The number of hydroxylamine groups is 3. The summed E-state index contributed by atoms with van der Waals surface area (Å²) in [6, 6.07) is 0.407. The molecule has 3 fully saturated rings. The number of piperidine rings is 1. The third-order valence-electron chi connectivity index (χ3n) is 5.54. The molecule has 1 aromatic heterocycles. The number of carbonyl (C=O) groups excluding carboxylic acids is 2. The minimum absolute atomic E-state index is 0.128. The summed E-state index contributed by atoms with van der Waals surface area (Å²) in [4.78, 5) is 31.5. The van der Waals surface area contributed by atoms with Crippen molar-refractivity contribution in [3.8, 4) is 0 Å².